The lowest BCUT2D eigenvalue weighted by Gasteiger charge is -2.29. The molecule has 0 spiro atoms. The molecule has 33 heavy (non-hydrogen) atoms. The molecule has 3 rings (SSSR count). The fourth-order valence-electron chi connectivity index (χ4n) is 3.44. The summed E-state index contributed by atoms with van der Waals surface area (Å²) in [4.78, 5) is 46.9. The van der Waals surface area contributed by atoms with E-state index in [1.165, 1.54) is 20.2 Å². The molecule has 3 N–H and O–H groups in total. The zero-order valence-electron chi connectivity index (χ0n) is 19.0. The minimum absolute atomic E-state index is 0.0676. The molecule has 2 aromatic rings. The number of aromatic nitrogens is 2. The van der Waals surface area contributed by atoms with Gasteiger partial charge in [0.15, 0.2) is 5.78 Å². The second-order valence-corrected chi connectivity index (χ2v) is 7.80. The number of Topliss-reactive ketones (excluding diaryl/α,β-unsaturated/α-hetero) is 1. The monoisotopic (exact) mass is 452 g/mol. The molecule has 10 nitrogen and oxygen atoms in total. The highest BCUT2D eigenvalue weighted by atomic mass is 16.5. The largest absolute Gasteiger partial charge is 0.495 e. The summed E-state index contributed by atoms with van der Waals surface area (Å²) in [5.41, 5.74) is 1.16. The lowest BCUT2D eigenvalue weighted by Crippen LogP contribution is -2.43. The molecular formula is C23H28N6O4. The third kappa shape index (κ3) is 6.13. The Kier molecular flexibility index (Phi) is 7.73. The number of rotatable bonds is 8. The fraction of sp³-hybridized carbons (Fsp3) is 0.348. The fourth-order valence-corrected chi connectivity index (χ4v) is 3.44. The number of methoxy groups -OCH3 is 1. The van der Waals surface area contributed by atoms with E-state index in [-0.39, 0.29) is 35.1 Å². The van der Waals surface area contributed by atoms with Crippen molar-refractivity contribution in [3.05, 3.63) is 48.2 Å². The van der Waals surface area contributed by atoms with Gasteiger partial charge in [0, 0.05) is 17.8 Å². The molecule has 1 aromatic carbocycles. The molecule has 2 amide bonds. The second-order valence-electron chi connectivity index (χ2n) is 7.80. The number of ketones is 1. The van der Waals surface area contributed by atoms with Crippen molar-refractivity contribution in [2.24, 2.45) is 0 Å². The maximum absolute atomic E-state index is 12.7. The molecular weight excluding hydrogens is 424 g/mol. The molecule has 10 heteroatoms. The van der Waals surface area contributed by atoms with Gasteiger partial charge in [0.2, 0.25) is 11.9 Å². The minimum atomic E-state index is -0.500. The van der Waals surface area contributed by atoms with Crippen LogP contribution in [0.2, 0.25) is 0 Å². The molecule has 0 atom stereocenters. The Morgan fingerprint density at radius 3 is 2.61 bits per heavy atom. The smallest absolute Gasteiger partial charge is 0.251 e. The maximum Gasteiger partial charge on any atom is 0.251 e. The third-order valence-electron chi connectivity index (χ3n) is 5.36. The molecule has 0 radical (unpaired) electrons. The van der Waals surface area contributed by atoms with Crippen LogP contribution >= 0.6 is 0 Å². The van der Waals surface area contributed by atoms with Gasteiger partial charge in [-0.15, -0.1) is 0 Å². The summed E-state index contributed by atoms with van der Waals surface area (Å²) in [6.45, 7) is 6.66. The van der Waals surface area contributed by atoms with Crippen molar-refractivity contribution < 1.29 is 19.1 Å². The van der Waals surface area contributed by atoms with Crippen LogP contribution in [0.15, 0.2) is 37.1 Å². The number of ether oxygens (including phenoxy) is 1. The first-order valence-corrected chi connectivity index (χ1v) is 10.6. The quantitative estimate of drug-likeness (QED) is 0.412. The Balaban J connectivity index is 1.77. The van der Waals surface area contributed by atoms with E-state index in [0.717, 1.165) is 32.0 Å². The summed E-state index contributed by atoms with van der Waals surface area (Å²) in [6.07, 6.45) is 4.23. The lowest BCUT2D eigenvalue weighted by molar-refractivity contribution is -0.111. The van der Waals surface area contributed by atoms with Crippen LogP contribution in [-0.2, 0) is 4.79 Å². The number of likely N-dealkylation sites (tertiary alicyclic amines) is 1. The van der Waals surface area contributed by atoms with E-state index in [9.17, 15) is 14.4 Å². The van der Waals surface area contributed by atoms with Gasteiger partial charge in [-0.2, -0.15) is 4.98 Å². The zero-order valence-corrected chi connectivity index (χ0v) is 19.0. The standard InChI is InChI=1S/C23H28N6O4/c1-5-20(31)27-21-17(14(2)30)13-24-23(28-21)26-18-7-6-15(12-19(18)33-4)22(32)25-16-8-10-29(3)11-9-16/h5-7,12-13,16H,1,8-11H2,2-4H3,(H,25,32)(H2,24,26,27,28,31). The van der Waals surface area contributed by atoms with Crippen LogP contribution in [0.3, 0.4) is 0 Å². The van der Waals surface area contributed by atoms with Crippen molar-refractivity contribution in [3.8, 4) is 5.75 Å². The molecule has 1 aromatic heterocycles. The molecule has 2 heterocycles. The highest BCUT2D eigenvalue weighted by molar-refractivity contribution is 6.05. The summed E-state index contributed by atoms with van der Waals surface area (Å²) in [6, 6.07) is 5.15. The van der Waals surface area contributed by atoms with Crippen LogP contribution in [0.25, 0.3) is 0 Å². The number of piperidine rings is 1. The topological polar surface area (TPSA) is 126 Å². The average Bonchev–Trinajstić information content (AvgIpc) is 2.80. The van der Waals surface area contributed by atoms with Crippen molar-refractivity contribution >= 4 is 35.1 Å². The van der Waals surface area contributed by atoms with Gasteiger partial charge in [-0.05, 0) is 64.2 Å². The van der Waals surface area contributed by atoms with E-state index in [1.54, 1.807) is 18.2 Å². The Labute approximate surface area is 192 Å². The van der Waals surface area contributed by atoms with Crippen LogP contribution in [0.5, 0.6) is 5.75 Å². The van der Waals surface area contributed by atoms with Crippen molar-refractivity contribution in [1.82, 2.24) is 20.2 Å². The molecule has 174 valence electrons. The van der Waals surface area contributed by atoms with Crippen molar-refractivity contribution in [3.63, 3.8) is 0 Å². The molecule has 1 aliphatic rings. The minimum Gasteiger partial charge on any atom is -0.495 e. The van der Waals surface area contributed by atoms with E-state index >= 15 is 0 Å². The zero-order chi connectivity index (χ0) is 24.0. The second kappa shape index (κ2) is 10.7. The van der Waals surface area contributed by atoms with E-state index in [0.29, 0.717) is 17.0 Å². The normalized spacial score (nSPS) is 14.3. The Morgan fingerprint density at radius 2 is 1.97 bits per heavy atom. The predicted molar refractivity (Wildman–Crippen MR) is 125 cm³/mol. The van der Waals surface area contributed by atoms with Crippen LogP contribution in [0.1, 0.15) is 40.5 Å². The van der Waals surface area contributed by atoms with Crippen molar-refractivity contribution in [1.29, 1.82) is 0 Å². The van der Waals surface area contributed by atoms with Crippen molar-refractivity contribution in [2.45, 2.75) is 25.8 Å². The molecule has 0 saturated carbocycles. The number of carbonyl (C=O) groups is 3. The molecule has 0 bridgehead atoms. The Bertz CT molecular complexity index is 1060. The molecule has 1 fully saturated rings. The average molecular weight is 453 g/mol. The van der Waals surface area contributed by atoms with Crippen LogP contribution in [-0.4, -0.2) is 65.8 Å². The molecule has 1 aliphatic heterocycles. The summed E-state index contributed by atoms with van der Waals surface area (Å²) >= 11 is 0. The Hall–Kier alpha value is -3.79. The molecule has 0 unspecified atom stereocenters. The van der Waals surface area contributed by atoms with Gasteiger partial charge in [0.1, 0.15) is 11.6 Å². The van der Waals surface area contributed by atoms with E-state index in [1.807, 2.05) is 0 Å². The summed E-state index contributed by atoms with van der Waals surface area (Å²) < 4.78 is 5.44. The lowest BCUT2D eigenvalue weighted by atomic mass is 10.0. The number of anilines is 3. The number of nitrogens with one attached hydrogen (secondary N) is 3. The highest BCUT2D eigenvalue weighted by Gasteiger charge is 2.20. The van der Waals surface area contributed by atoms with Gasteiger partial charge in [0.05, 0.1) is 18.4 Å². The summed E-state index contributed by atoms with van der Waals surface area (Å²) in [7, 11) is 3.57. The van der Waals surface area contributed by atoms with Gasteiger partial charge in [0.25, 0.3) is 5.91 Å². The first kappa shape index (κ1) is 23.9. The van der Waals surface area contributed by atoms with E-state index in [2.05, 4.69) is 44.4 Å². The Morgan fingerprint density at radius 1 is 1.24 bits per heavy atom. The number of carbonyl (C=O) groups excluding carboxylic acids is 3. The first-order valence-electron chi connectivity index (χ1n) is 10.6. The van der Waals surface area contributed by atoms with Gasteiger partial charge in [-0.1, -0.05) is 6.58 Å². The number of nitrogens with zero attached hydrogens (tertiary/aromatic N) is 3. The SMILES string of the molecule is C=CC(=O)Nc1nc(Nc2ccc(C(=O)NC3CCN(C)CC3)cc2OC)ncc1C(C)=O. The summed E-state index contributed by atoms with van der Waals surface area (Å²) in [5, 5.41) is 8.58. The van der Waals surface area contributed by atoms with Gasteiger partial charge >= 0.3 is 0 Å². The highest BCUT2D eigenvalue weighted by Crippen LogP contribution is 2.28. The third-order valence-corrected chi connectivity index (χ3v) is 5.36. The van der Waals surface area contributed by atoms with Gasteiger partial charge in [-0.25, -0.2) is 4.98 Å². The van der Waals surface area contributed by atoms with Gasteiger partial charge in [-0.3, -0.25) is 14.4 Å². The maximum atomic E-state index is 12.7. The number of hydrogen-bond acceptors (Lipinski definition) is 8. The number of benzene rings is 1. The molecule has 1 saturated heterocycles. The van der Waals surface area contributed by atoms with Crippen LogP contribution < -0.4 is 20.7 Å². The van der Waals surface area contributed by atoms with Crippen LogP contribution in [0.4, 0.5) is 17.5 Å². The summed E-state index contributed by atoms with van der Waals surface area (Å²) in [5.74, 6) is -0.329. The van der Waals surface area contributed by atoms with Crippen molar-refractivity contribution in [2.75, 3.05) is 37.9 Å². The molecule has 0 aliphatic carbocycles. The first-order chi connectivity index (χ1) is 15.8. The van der Waals surface area contributed by atoms with Crippen LogP contribution in [0, 0.1) is 0 Å². The van der Waals surface area contributed by atoms with Gasteiger partial charge < -0.3 is 25.6 Å². The number of hydrogen-bond donors (Lipinski definition) is 3. The number of amides is 2. The van der Waals surface area contributed by atoms with E-state index < -0.39 is 5.91 Å². The predicted octanol–water partition coefficient (Wildman–Crippen LogP) is 2.38. The van der Waals surface area contributed by atoms with E-state index in [4.69, 9.17) is 4.74 Å².